The molecule has 1 aromatic carbocycles. The summed E-state index contributed by atoms with van der Waals surface area (Å²) in [6, 6.07) is -0.501. The number of halogens is 6. The molecule has 1 saturated carbocycles. The Morgan fingerprint density at radius 1 is 1.03 bits per heavy atom. The lowest BCUT2D eigenvalue weighted by Gasteiger charge is -2.18. The van der Waals surface area contributed by atoms with Crippen LogP contribution in [0.4, 0.5) is 26.3 Å². The molecule has 1 aliphatic carbocycles. The third-order valence-corrected chi connectivity index (χ3v) is 7.60. The molecule has 15 heteroatoms. The van der Waals surface area contributed by atoms with Crippen LogP contribution in [0.2, 0.25) is 0 Å². The van der Waals surface area contributed by atoms with Crippen molar-refractivity contribution < 1.29 is 39.6 Å². The molecule has 1 amide bonds. The van der Waals surface area contributed by atoms with E-state index >= 15 is 0 Å². The lowest BCUT2D eigenvalue weighted by molar-refractivity contribution is -0.143. The number of carbonyl (C=O) groups is 1. The van der Waals surface area contributed by atoms with Crippen molar-refractivity contribution in [3.8, 4) is 5.82 Å². The molecule has 1 aliphatic rings. The van der Waals surface area contributed by atoms with Gasteiger partial charge in [-0.05, 0) is 38.0 Å². The Hall–Kier alpha value is -3.49. The van der Waals surface area contributed by atoms with Gasteiger partial charge in [0.25, 0.3) is 5.91 Å². The van der Waals surface area contributed by atoms with Crippen LogP contribution in [-0.4, -0.2) is 39.3 Å². The SMILES string of the molecule is CC(NC(=O)c1cc(C(F)(F)F)cc(C(F)(F)F)c1)c1nccnc1-n1cc(S(=O)(=O)C2CC2)cn1. The number of nitrogens with zero attached hydrogens (tertiary/aromatic N) is 4. The molecule has 36 heavy (non-hydrogen) atoms. The molecule has 1 unspecified atom stereocenters. The fourth-order valence-corrected chi connectivity index (χ4v) is 4.98. The molecule has 0 radical (unpaired) electrons. The molecular formula is C21H17F6N5O3S. The summed E-state index contributed by atoms with van der Waals surface area (Å²) in [6.45, 7) is 1.38. The van der Waals surface area contributed by atoms with E-state index in [4.69, 9.17) is 0 Å². The summed E-state index contributed by atoms with van der Waals surface area (Å²) >= 11 is 0. The number of nitrogens with one attached hydrogen (secondary N) is 1. The van der Waals surface area contributed by atoms with E-state index in [0.717, 1.165) is 10.9 Å². The number of carbonyl (C=O) groups excluding carboxylic acids is 1. The van der Waals surface area contributed by atoms with E-state index in [1.807, 2.05) is 0 Å². The van der Waals surface area contributed by atoms with Gasteiger partial charge < -0.3 is 5.32 Å². The molecule has 192 valence electrons. The zero-order valence-corrected chi connectivity index (χ0v) is 19.1. The zero-order valence-electron chi connectivity index (χ0n) is 18.3. The number of aromatic nitrogens is 4. The van der Waals surface area contributed by atoms with Crippen molar-refractivity contribution in [2.75, 3.05) is 0 Å². The molecule has 0 saturated heterocycles. The van der Waals surface area contributed by atoms with Gasteiger partial charge in [-0.3, -0.25) is 9.78 Å². The minimum Gasteiger partial charge on any atom is -0.344 e. The number of benzene rings is 1. The van der Waals surface area contributed by atoms with Crippen LogP contribution in [0.15, 0.2) is 47.9 Å². The first kappa shape index (κ1) is 25.6. The number of hydrogen-bond donors (Lipinski definition) is 1. The highest BCUT2D eigenvalue weighted by Gasteiger charge is 2.39. The molecular weight excluding hydrogens is 516 g/mol. The van der Waals surface area contributed by atoms with Crippen molar-refractivity contribution in [2.45, 2.75) is 48.3 Å². The van der Waals surface area contributed by atoms with E-state index in [1.165, 1.54) is 25.5 Å². The average molecular weight is 533 g/mol. The van der Waals surface area contributed by atoms with Gasteiger partial charge in [0.05, 0.1) is 34.8 Å². The van der Waals surface area contributed by atoms with Gasteiger partial charge in [0.2, 0.25) is 0 Å². The summed E-state index contributed by atoms with van der Waals surface area (Å²) in [5.41, 5.74) is -4.06. The predicted molar refractivity (Wildman–Crippen MR) is 112 cm³/mol. The van der Waals surface area contributed by atoms with Gasteiger partial charge in [-0.25, -0.2) is 18.1 Å². The van der Waals surface area contributed by atoms with Crippen LogP contribution < -0.4 is 5.32 Å². The number of amides is 1. The van der Waals surface area contributed by atoms with Crippen molar-refractivity contribution in [1.82, 2.24) is 25.1 Å². The highest BCUT2D eigenvalue weighted by atomic mass is 32.2. The minimum atomic E-state index is -5.11. The monoisotopic (exact) mass is 533 g/mol. The summed E-state index contributed by atoms with van der Waals surface area (Å²) in [6.07, 6.45) is -4.27. The van der Waals surface area contributed by atoms with E-state index in [1.54, 1.807) is 0 Å². The van der Waals surface area contributed by atoms with Crippen LogP contribution >= 0.6 is 0 Å². The molecule has 2 heterocycles. The first-order valence-corrected chi connectivity index (χ1v) is 11.9. The highest BCUT2D eigenvalue weighted by molar-refractivity contribution is 7.92. The molecule has 1 fully saturated rings. The van der Waals surface area contributed by atoms with Gasteiger partial charge in [0.15, 0.2) is 15.7 Å². The standard InChI is InChI=1S/C21H17F6N5O3S/c1-11(31-19(33)12-6-13(20(22,23)24)8-14(7-12)21(25,26)27)17-18(29-5-4-28-17)32-10-16(9-30-32)36(34,35)15-2-3-15/h4-11,15H,2-3H2,1H3,(H,31,33). The maximum atomic E-state index is 13.1. The number of sulfone groups is 1. The van der Waals surface area contributed by atoms with Crippen LogP contribution in [-0.2, 0) is 22.2 Å². The average Bonchev–Trinajstić information content (AvgIpc) is 3.55. The quantitative estimate of drug-likeness (QED) is 0.478. The first-order chi connectivity index (χ1) is 16.7. The van der Waals surface area contributed by atoms with Crippen molar-refractivity contribution in [3.05, 3.63) is 65.4 Å². The van der Waals surface area contributed by atoms with Crippen LogP contribution in [0.3, 0.4) is 0 Å². The summed E-state index contributed by atoms with van der Waals surface area (Å²) in [5, 5.41) is 5.82. The van der Waals surface area contributed by atoms with Crippen molar-refractivity contribution in [2.24, 2.45) is 0 Å². The molecule has 0 spiro atoms. The van der Waals surface area contributed by atoms with Gasteiger partial charge in [0.1, 0.15) is 10.6 Å². The third kappa shape index (κ3) is 5.20. The molecule has 2 aromatic heterocycles. The fourth-order valence-electron chi connectivity index (χ4n) is 3.40. The number of hydrogen-bond acceptors (Lipinski definition) is 6. The van der Waals surface area contributed by atoms with E-state index in [9.17, 15) is 39.6 Å². The predicted octanol–water partition coefficient (Wildman–Crippen LogP) is 4.13. The summed E-state index contributed by atoms with van der Waals surface area (Å²) in [5.74, 6) is -1.20. The number of alkyl halides is 6. The highest BCUT2D eigenvalue weighted by Crippen LogP contribution is 2.37. The largest absolute Gasteiger partial charge is 0.416 e. The molecule has 8 nitrogen and oxygen atoms in total. The first-order valence-electron chi connectivity index (χ1n) is 10.4. The van der Waals surface area contributed by atoms with E-state index in [2.05, 4.69) is 20.4 Å². The van der Waals surface area contributed by atoms with Crippen molar-refractivity contribution in [1.29, 1.82) is 0 Å². The molecule has 3 aromatic rings. The van der Waals surface area contributed by atoms with E-state index < -0.39 is 56.1 Å². The van der Waals surface area contributed by atoms with Crippen molar-refractivity contribution >= 4 is 15.7 Å². The van der Waals surface area contributed by atoms with Crippen LogP contribution in [0.1, 0.15) is 53.0 Å². The Kier molecular flexibility index (Phi) is 6.31. The Morgan fingerprint density at radius 2 is 1.61 bits per heavy atom. The minimum absolute atomic E-state index is 0.0163. The Morgan fingerprint density at radius 3 is 2.17 bits per heavy atom. The van der Waals surface area contributed by atoms with Gasteiger partial charge in [-0.2, -0.15) is 31.4 Å². The van der Waals surface area contributed by atoms with Crippen LogP contribution in [0.5, 0.6) is 0 Å². The Bertz CT molecular complexity index is 1380. The normalized spacial score (nSPS) is 15.5. The zero-order chi connectivity index (χ0) is 26.5. The second kappa shape index (κ2) is 8.87. The maximum Gasteiger partial charge on any atom is 0.416 e. The number of rotatable bonds is 6. The van der Waals surface area contributed by atoms with Crippen LogP contribution in [0.25, 0.3) is 5.82 Å². The van der Waals surface area contributed by atoms with Crippen LogP contribution in [0, 0.1) is 0 Å². The second-order valence-corrected chi connectivity index (χ2v) is 10.3. The molecule has 0 bridgehead atoms. The maximum absolute atomic E-state index is 13.1. The smallest absolute Gasteiger partial charge is 0.344 e. The van der Waals surface area contributed by atoms with Crippen molar-refractivity contribution in [3.63, 3.8) is 0 Å². The van der Waals surface area contributed by atoms with Gasteiger partial charge >= 0.3 is 12.4 Å². The van der Waals surface area contributed by atoms with Gasteiger partial charge in [-0.15, -0.1) is 0 Å². The third-order valence-electron chi connectivity index (χ3n) is 5.38. The lowest BCUT2D eigenvalue weighted by atomic mass is 10.0. The Labute approximate surface area is 200 Å². The summed E-state index contributed by atoms with van der Waals surface area (Å²) in [4.78, 5) is 20.8. The lowest BCUT2D eigenvalue weighted by Crippen LogP contribution is -2.29. The van der Waals surface area contributed by atoms with E-state index in [-0.39, 0.29) is 22.5 Å². The molecule has 4 rings (SSSR count). The second-order valence-electron chi connectivity index (χ2n) is 8.12. The summed E-state index contributed by atoms with van der Waals surface area (Å²) in [7, 11) is -3.56. The van der Waals surface area contributed by atoms with Gasteiger partial charge in [-0.1, -0.05) is 0 Å². The molecule has 1 N–H and O–H groups in total. The molecule has 0 aliphatic heterocycles. The Balaban J connectivity index is 1.63. The summed E-state index contributed by atoms with van der Waals surface area (Å²) < 4.78 is 105. The van der Waals surface area contributed by atoms with E-state index in [0.29, 0.717) is 25.0 Å². The van der Waals surface area contributed by atoms with Gasteiger partial charge in [0, 0.05) is 18.0 Å². The molecule has 1 atom stereocenters. The fraction of sp³-hybridized carbons (Fsp3) is 0.333. The topological polar surface area (TPSA) is 107 Å².